The van der Waals surface area contributed by atoms with E-state index >= 15 is 0 Å². The van der Waals surface area contributed by atoms with Gasteiger partial charge in [0.25, 0.3) is 5.56 Å². The van der Waals surface area contributed by atoms with Gasteiger partial charge in [-0.1, -0.05) is 27.5 Å². The van der Waals surface area contributed by atoms with E-state index in [2.05, 4.69) is 25.9 Å². The summed E-state index contributed by atoms with van der Waals surface area (Å²) in [6, 6.07) is 3.51. The molecule has 0 aliphatic heterocycles. The molecule has 0 bridgehead atoms. The van der Waals surface area contributed by atoms with Gasteiger partial charge >= 0.3 is 0 Å². The molecule has 0 aliphatic rings. The minimum absolute atomic E-state index is 0.102. The Morgan fingerprint density at radius 3 is 2.81 bits per heavy atom. The first kappa shape index (κ1) is 11.6. The number of hydrogen-bond donors (Lipinski definition) is 1. The predicted molar refractivity (Wildman–Crippen MR) is 69.5 cm³/mol. The van der Waals surface area contributed by atoms with Gasteiger partial charge in [-0.15, -0.1) is 0 Å². The molecule has 3 nitrogen and oxygen atoms in total. The number of aromatic nitrogens is 2. The summed E-state index contributed by atoms with van der Waals surface area (Å²) in [7, 11) is 0. The molecule has 0 amide bonds. The maximum Gasteiger partial charge on any atom is 0.258 e. The lowest BCUT2D eigenvalue weighted by molar-refractivity contribution is 1.05. The van der Waals surface area contributed by atoms with E-state index in [-0.39, 0.29) is 10.4 Å². The summed E-state index contributed by atoms with van der Waals surface area (Å²) < 4.78 is 0. The molecule has 1 heterocycles. The van der Waals surface area contributed by atoms with Gasteiger partial charge in [0.2, 0.25) is 0 Å². The maximum atomic E-state index is 11.7. The van der Waals surface area contributed by atoms with Crippen LogP contribution in [0.1, 0.15) is 23.1 Å². The Kier molecular flexibility index (Phi) is 3.04. The van der Waals surface area contributed by atoms with Crippen molar-refractivity contribution < 1.29 is 0 Å². The van der Waals surface area contributed by atoms with Crippen LogP contribution in [0, 0.1) is 6.92 Å². The molecule has 1 N–H and O–H groups in total. The molecule has 2 rings (SSSR count). The van der Waals surface area contributed by atoms with Crippen molar-refractivity contribution in [3.05, 3.63) is 38.9 Å². The van der Waals surface area contributed by atoms with Gasteiger partial charge in [-0.2, -0.15) is 0 Å². The number of alkyl halides is 1. The monoisotopic (exact) mass is 300 g/mol. The lowest BCUT2D eigenvalue weighted by atomic mass is 10.1. The van der Waals surface area contributed by atoms with Gasteiger partial charge in [-0.25, -0.2) is 4.98 Å². The summed E-state index contributed by atoms with van der Waals surface area (Å²) in [5.41, 5.74) is 1.39. The largest absolute Gasteiger partial charge is 0.310 e. The number of nitrogens with one attached hydrogen (secondary N) is 1. The second kappa shape index (κ2) is 4.18. The number of aryl methyl sites for hydroxylation is 1. The van der Waals surface area contributed by atoms with Crippen LogP contribution in [0.5, 0.6) is 0 Å². The van der Waals surface area contributed by atoms with Crippen LogP contribution < -0.4 is 5.56 Å². The average Bonchev–Trinajstić information content (AvgIpc) is 2.15. The average molecular weight is 302 g/mol. The number of hydrogen-bond acceptors (Lipinski definition) is 2. The SMILES string of the molecule is Cc1nc2cc(Cl)c(C(C)Br)cc2c(=O)[nH]1. The molecular formula is C11H10BrClN2O. The van der Waals surface area contributed by atoms with Crippen LogP contribution in [0.3, 0.4) is 0 Å². The zero-order chi connectivity index (χ0) is 11.9. The lowest BCUT2D eigenvalue weighted by Crippen LogP contribution is -2.10. The lowest BCUT2D eigenvalue weighted by Gasteiger charge is -2.08. The summed E-state index contributed by atoms with van der Waals surface area (Å²) in [6.07, 6.45) is 0. The molecule has 0 saturated carbocycles. The van der Waals surface area contributed by atoms with Crippen molar-refractivity contribution in [2.45, 2.75) is 18.7 Å². The highest BCUT2D eigenvalue weighted by molar-refractivity contribution is 9.09. The van der Waals surface area contributed by atoms with Gasteiger partial charge in [-0.3, -0.25) is 4.79 Å². The van der Waals surface area contributed by atoms with E-state index in [1.165, 1.54) is 0 Å². The Hall–Kier alpha value is -0.870. The van der Waals surface area contributed by atoms with Crippen LogP contribution in [0.2, 0.25) is 5.02 Å². The van der Waals surface area contributed by atoms with Gasteiger partial charge in [0.15, 0.2) is 0 Å². The maximum absolute atomic E-state index is 11.7. The fourth-order valence-electron chi connectivity index (χ4n) is 1.60. The molecule has 1 aromatic heterocycles. The molecule has 1 atom stereocenters. The predicted octanol–water partition coefficient (Wildman–Crippen LogP) is 3.34. The smallest absolute Gasteiger partial charge is 0.258 e. The fraction of sp³-hybridized carbons (Fsp3) is 0.273. The molecular weight excluding hydrogens is 291 g/mol. The van der Waals surface area contributed by atoms with Crippen LogP contribution in [0.25, 0.3) is 10.9 Å². The van der Waals surface area contributed by atoms with Gasteiger partial charge in [0.1, 0.15) is 5.82 Å². The molecule has 0 saturated heterocycles. The minimum Gasteiger partial charge on any atom is -0.310 e. The second-order valence-electron chi connectivity index (χ2n) is 3.66. The van der Waals surface area contributed by atoms with Crippen LogP contribution in [-0.2, 0) is 0 Å². The second-order valence-corrected chi connectivity index (χ2v) is 5.44. The molecule has 0 spiro atoms. The van der Waals surface area contributed by atoms with Gasteiger partial charge in [0, 0.05) is 9.85 Å². The van der Waals surface area contributed by atoms with Crippen LogP contribution in [0.15, 0.2) is 16.9 Å². The molecule has 1 aromatic carbocycles. The zero-order valence-electron chi connectivity index (χ0n) is 8.84. The van der Waals surface area contributed by atoms with Crippen molar-refractivity contribution >= 4 is 38.4 Å². The minimum atomic E-state index is -0.131. The summed E-state index contributed by atoms with van der Waals surface area (Å²) in [5, 5.41) is 1.19. The molecule has 84 valence electrons. The van der Waals surface area contributed by atoms with Crippen molar-refractivity contribution in [1.29, 1.82) is 0 Å². The Labute approximate surface area is 106 Å². The molecule has 2 aromatic rings. The van der Waals surface area contributed by atoms with E-state index in [0.717, 1.165) is 5.56 Å². The molecule has 16 heavy (non-hydrogen) atoms. The Balaban J connectivity index is 2.85. The Morgan fingerprint density at radius 1 is 1.50 bits per heavy atom. The Bertz CT molecular complexity index is 607. The van der Waals surface area contributed by atoms with Crippen molar-refractivity contribution in [2.24, 2.45) is 0 Å². The van der Waals surface area contributed by atoms with E-state index in [1.807, 2.05) is 6.92 Å². The summed E-state index contributed by atoms with van der Waals surface area (Å²) in [5.74, 6) is 0.591. The first-order valence-corrected chi connectivity index (χ1v) is 6.12. The molecule has 5 heteroatoms. The standard InChI is InChI=1S/C11H10BrClN2O/c1-5(12)7-3-8-10(4-9(7)13)14-6(2)15-11(8)16/h3-5H,1-2H3,(H,14,15,16). The number of halogens is 2. The van der Waals surface area contributed by atoms with E-state index in [4.69, 9.17) is 11.6 Å². The summed E-state index contributed by atoms with van der Waals surface area (Å²) in [6.45, 7) is 3.71. The van der Waals surface area contributed by atoms with E-state index in [0.29, 0.717) is 21.7 Å². The van der Waals surface area contributed by atoms with E-state index in [1.54, 1.807) is 19.1 Å². The van der Waals surface area contributed by atoms with Gasteiger partial charge in [-0.05, 0) is 31.5 Å². The Morgan fingerprint density at radius 2 is 2.19 bits per heavy atom. The van der Waals surface area contributed by atoms with E-state index < -0.39 is 0 Å². The number of fused-ring (bicyclic) bond motifs is 1. The number of nitrogens with zero attached hydrogens (tertiary/aromatic N) is 1. The van der Waals surface area contributed by atoms with Crippen molar-refractivity contribution in [3.63, 3.8) is 0 Å². The molecule has 0 fully saturated rings. The van der Waals surface area contributed by atoms with E-state index in [9.17, 15) is 4.79 Å². The number of rotatable bonds is 1. The van der Waals surface area contributed by atoms with Crippen molar-refractivity contribution in [1.82, 2.24) is 9.97 Å². The molecule has 0 radical (unpaired) electrons. The van der Waals surface area contributed by atoms with Crippen LogP contribution >= 0.6 is 27.5 Å². The third kappa shape index (κ3) is 1.99. The number of H-pyrrole nitrogens is 1. The van der Waals surface area contributed by atoms with Gasteiger partial charge < -0.3 is 4.98 Å². The zero-order valence-corrected chi connectivity index (χ0v) is 11.2. The normalized spacial score (nSPS) is 13.0. The first-order chi connectivity index (χ1) is 7.49. The highest BCUT2D eigenvalue weighted by Gasteiger charge is 2.10. The topological polar surface area (TPSA) is 45.8 Å². The van der Waals surface area contributed by atoms with Crippen molar-refractivity contribution in [2.75, 3.05) is 0 Å². The highest BCUT2D eigenvalue weighted by Crippen LogP contribution is 2.30. The summed E-state index contributed by atoms with van der Waals surface area (Å²) in [4.78, 5) is 18.7. The highest BCUT2D eigenvalue weighted by atomic mass is 79.9. The van der Waals surface area contributed by atoms with Crippen LogP contribution in [-0.4, -0.2) is 9.97 Å². The first-order valence-electron chi connectivity index (χ1n) is 4.83. The third-order valence-electron chi connectivity index (χ3n) is 2.37. The van der Waals surface area contributed by atoms with Gasteiger partial charge in [0.05, 0.1) is 10.9 Å². The number of benzene rings is 1. The quantitative estimate of drug-likeness (QED) is 0.821. The number of aromatic amines is 1. The fourth-order valence-corrected chi connectivity index (χ4v) is 2.43. The summed E-state index contributed by atoms with van der Waals surface area (Å²) >= 11 is 9.56. The molecule has 1 unspecified atom stereocenters. The third-order valence-corrected chi connectivity index (χ3v) is 3.19. The van der Waals surface area contributed by atoms with Crippen LogP contribution in [0.4, 0.5) is 0 Å². The molecule has 0 aliphatic carbocycles. The van der Waals surface area contributed by atoms with Crippen molar-refractivity contribution in [3.8, 4) is 0 Å².